The Morgan fingerprint density at radius 2 is 1.95 bits per heavy atom. The van der Waals surface area contributed by atoms with Crippen molar-refractivity contribution < 1.29 is 9.31 Å². The molecule has 0 aliphatic heterocycles. The Balaban J connectivity index is 2.09. The number of hydrogen-bond acceptors (Lipinski definition) is 4. The van der Waals surface area contributed by atoms with Gasteiger partial charge in [0.15, 0.2) is 0 Å². The Bertz CT molecular complexity index is 617. The first-order valence-corrected chi connectivity index (χ1v) is 7.13. The number of nitrogens with one attached hydrogen (secondary N) is 1. The molecule has 0 bridgehead atoms. The van der Waals surface area contributed by atoms with Gasteiger partial charge in [-0.25, -0.2) is 4.39 Å². The van der Waals surface area contributed by atoms with Crippen LogP contribution in [-0.2, 0) is 6.54 Å². The number of nitro benzene ring substituents is 1. The van der Waals surface area contributed by atoms with Crippen LogP contribution in [0.25, 0.3) is 0 Å². The summed E-state index contributed by atoms with van der Waals surface area (Å²) in [5, 5.41) is 13.5. The zero-order chi connectivity index (χ0) is 14.5. The number of rotatable bonds is 5. The zero-order valence-electron chi connectivity index (χ0n) is 10.8. The third-order valence-electron chi connectivity index (χ3n) is 2.80. The second-order valence-electron chi connectivity index (χ2n) is 4.12. The van der Waals surface area contributed by atoms with Crippen LogP contribution in [0.15, 0.2) is 47.4 Å². The molecule has 4 nitrogen and oxygen atoms in total. The van der Waals surface area contributed by atoms with Crippen LogP contribution in [0.2, 0.25) is 0 Å². The first kappa shape index (κ1) is 14.3. The third kappa shape index (κ3) is 3.48. The van der Waals surface area contributed by atoms with Crippen LogP contribution < -0.4 is 5.32 Å². The predicted octanol–water partition coefficient (Wildman–Crippen LogP) is 4.07. The van der Waals surface area contributed by atoms with Crippen molar-refractivity contribution in [3.63, 3.8) is 0 Å². The van der Waals surface area contributed by atoms with Gasteiger partial charge < -0.3 is 5.32 Å². The van der Waals surface area contributed by atoms with Gasteiger partial charge in [0.2, 0.25) is 0 Å². The fourth-order valence-corrected chi connectivity index (χ4v) is 2.11. The molecule has 20 heavy (non-hydrogen) atoms. The molecule has 0 fully saturated rings. The maximum absolute atomic E-state index is 13.6. The topological polar surface area (TPSA) is 55.2 Å². The minimum atomic E-state index is -0.544. The van der Waals surface area contributed by atoms with Gasteiger partial charge in [-0.3, -0.25) is 10.1 Å². The maximum atomic E-state index is 13.6. The monoisotopic (exact) mass is 292 g/mol. The van der Waals surface area contributed by atoms with Gasteiger partial charge in [-0.15, -0.1) is 11.8 Å². The van der Waals surface area contributed by atoms with Gasteiger partial charge in [0, 0.05) is 23.6 Å². The van der Waals surface area contributed by atoms with Crippen molar-refractivity contribution in [3.05, 3.63) is 64.0 Å². The molecule has 0 spiro atoms. The van der Waals surface area contributed by atoms with Gasteiger partial charge in [0.25, 0.3) is 5.69 Å². The largest absolute Gasteiger partial charge is 0.378 e. The van der Waals surface area contributed by atoms with Gasteiger partial charge >= 0.3 is 0 Å². The van der Waals surface area contributed by atoms with E-state index in [9.17, 15) is 14.5 Å². The lowest BCUT2D eigenvalue weighted by molar-refractivity contribution is -0.384. The Labute approximate surface area is 120 Å². The lowest BCUT2D eigenvalue weighted by Gasteiger charge is -2.08. The molecule has 2 aromatic carbocycles. The lowest BCUT2D eigenvalue weighted by atomic mass is 10.2. The molecule has 6 heteroatoms. The van der Waals surface area contributed by atoms with Crippen LogP contribution in [0, 0.1) is 15.9 Å². The molecule has 0 aliphatic rings. The number of halogens is 1. The zero-order valence-corrected chi connectivity index (χ0v) is 11.6. The summed E-state index contributed by atoms with van der Waals surface area (Å²) in [4.78, 5) is 11.3. The third-order valence-corrected chi connectivity index (χ3v) is 3.55. The van der Waals surface area contributed by atoms with Crippen molar-refractivity contribution >= 4 is 23.1 Å². The Morgan fingerprint density at radius 1 is 1.25 bits per heavy atom. The number of non-ortho nitro benzene ring substituents is 1. The standard InChI is InChI=1S/C14H13FN2O2S/c1-20-12-5-2-10(3-6-12)9-16-14-8-11(17(18)19)4-7-13(14)15/h2-8,16H,9H2,1H3. The van der Waals surface area contributed by atoms with Crippen molar-refractivity contribution in [2.45, 2.75) is 11.4 Å². The molecule has 0 radical (unpaired) electrons. The van der Waals surface area contributed by atoms with E-state index in [0.29, 0.717) is 6.54 Å². The van der Waals surface area contributed by atoms with Crippen molar-refractivity contribution in [2.24, 2.45) is 0 Å². The van der Waals surface area contributed by atoms with Gasteiger partial charge in [0.05, 0.1) is 10.6 Å². The van der Waals surface area contributed by atoms with Crippen LogP contribution in [-0.4, -0.2) is 11.2 Å². The molecule has 104 valence electrons. The van der Waals surface area contributed by atoms with Crippen LogP contribution in [0.1, 0.15) is 5.56 Å². The summed E-state index contributed by atoms with van der Waals surface area (Å²) >= 11 is 1.64. The van der Waals surface area contributed by atoms with Crippen LogP contribution in [0.4, 0.5) is 15.8 Å². The highest BCUT2D eigenvalue weighted by Crippen LogP contribution is 2.22. The molecule has 0 saturated carbocycles. The van der Waals surface area contributed by atoms with E-state index in [1.165, 1.54) is 6.07 Å². The molecule has 0 saturated heterocycles. The predicted molar refractivity (Wildman–Crippen MR) is 78.6 cm³/mol. The van der Waals surface area contributed by atoms with E-state index >= 15 is 0 Å². The second kappa shape index (κ2) is 6.38. The molecule has 2 rings (SSSR count). The maximum Gasteiger partial charge on any atom is 0.271 e. The normalized spacial score (nSPS) is 10.3. The van der Waals surface area contributed by atoms with Crippen molar-refractivity contribution in [2.75, 3.05) is 11.6 Å². The number of anilines is 1. The molecule has 0 heterocycles. The van der Waals surface area contributed by atoms with E-state index < -0.39 is 10.7 Å². The lowest BCUT2D eigenvalue weighted by Crippen LogP contribution is -2.02. The summed E-state index contributed by atoms with van der Waals surface area (Å²) in [5.41, 5.74) is 0.980. The van der Waals surface area contributed by atoms with E-state index in [4.69, 9.17) is 0 Å². The number of hydrogen-bond donors (Lipinski definition) is 1. The Kier molecular flexibility index (Phi) is 4.57. The molecular formula is C14H13FN2O2S. The second-order valence-corrected chi connectivity index (χ2v) is 5.00. The number of nitrogens with zero attached hydrogens (tertiary/aromatic N) is 1. The van der Waals surface area contributed by atoms with Gasteiger partial charge in [-0.2, -0.15) is 0 Å². The minimum Gasteiger partial charge on any atom is -0.378 e. The average Bonchev–Trinajstić information content (AvgIpc) is 2.46. The summed E-state index contributed by atoms with van der Waals surface area (Å²) in [7, 11) is 0. The van der Waals surface area contributed by atoms with E-state index in [2.05, 4.69) is 5.32 Å². The van der Waals surface area contributed by atoms with Crippen molar-refractivity contribution in [1.29, 1.82) is 0 Å². The van der Waals surface area contributed by atoms with Crippen LogP contribution in [0.5, 0.6) is 0 Å². The first-order chi connectivity index (χ1) is 9.60. The summed E-state index contributed by atoms with van der Waals surface area (Å²) in [5.74, 6) is -0.503. The van der Waals surface area contributed by atoms with E-state index in [1.54, 1.807) is 11.8 Å². The molecule has 0 aromatic heterocycles. The number of nitro groups is 1. The smallest absolute Gasteiger partial charge is 0.271 e. The molecular weight excluding hydrogens is 279 g/mol. The van der Waals surface area contributed by atoms with Gasteiger partial charge in [0.1, 0.15) is 5.82 Å². The number of thioether (sulfide) groups is 1. The van der Waals surface area contributed by atoms with Gasteiger partial charge in [-0.1, -0.05) is 12.1 Å². The minimum absolute atomic E-state index is 0.133. The summed E-state index contributed by atoms with van der Waals surface area (Å²) in [6.07, 6.45) is 1.99. The first-order valence-electron chi connectivity index (χ1n) is 5.91. The van der Waals surface area contributed by atoms with E-state index in [-0.39, 0.29) is 11.4 Å². The van der Waals surface area contributed by atoms with Crippen LogP contribution >= 0.6 is 11.8 Å². The van der Waals surface area contributed by atoms with E-state index in [0.717, 1.165) is 22.6 Å². The van der Waals surface area contributed by atoms with Crippen molar-refractivity contribution in [1.82, 2.24) is 0 Å². The highest BCUT2D eigenvalue weighted by atomic mass is 32.2. The average molecular weight is 292 g/mol. The molecule has 2 aromatic rings. The fourth-order valence-electron chi connectivity index (χ4n) is 1.70. The van der Waals surface area contributed by atoms with Crippen molar-refractivity contribution in [3.8, 4) is 0 Å². The summed E-state index contributed by atoms with van der Waals surface area (Å²) < 4.78 is 13.6. The molecule has 0 atom stereocenters. The Morgan fingerprint density at radius 3 is 2.55 bits per heavy atom. The highest BCUT2D eigenvalue weighted by molar-refractivity contribution is 7.98. The van der Waals surface area contributed by atoms with Crippen LogP contribution in [0.3, 0.4) is 0 Å². The van der Waals surface area contributed by atoms with E-state index in [1.807, 2.05) is 30.5 Å². The summed E-state index contributed by atoms with van der Waals surface area (Å²) in [6.45, 7) is 0.409. The Hall–Kier alpha value is -2.08. The molecule has 0 unspecified atom stereocenters. The van der Waals surface area contributed by atoms with Gasteiger partial charge in [-0.05, 0) is 30.0 Å². The SMILES string of the molecule is CSc1ccc(CNc2cc([N+](=O)[O-])ccc2F)cc1. The summed E-state index contributed by atoms with van der Waals surface area (Å²) in [6, 6.07) is 11.3. The highest BCUT2D eigenvalue weighted by Gasteiger charge is 2.10. The number of benzene rings is 2. The molecule has 0 aliphatic carbocycles. The molecule has 1 N–H and O–H groups in total. The fraction of sp³-hybridized carbons (Fsp3) is 0.143. The molecule has 0 amide bonds. The quantitative estimate of drug-likeness (QED) is 0.513.